The van der Waals surface area contributed by atoms with E-state index in [4.69, 9.17) is 16.6 Å². The summed E-state index contributed by atoms with van der Waals surface area (Å²) in [4.78, 5) is 6.15. The standard InChI is InChI=1S/C21H20FN3OS/c22-18-6-4-15(5-7-18)16-8-10-25(11-9-16)21(27)24-19-3-1-2-17(12-19)20-13-23-14-26-20/h1-7,12-14,16H,8-11H2,(H,24,27). The van der Waals surface area contributed by atoms with E-state index in [9.17, 15) is 4.39 Å². The molecule has 1 aliphatic rings. The van der Waals surface area contributed by atoms with Crippen molar-refractivity contribution in [3.8, 4) is 11.3 Å². The smallest absolute Gasteiger partial charge is 0.181 e. The highest BCUT2D eigenvalue weighted by molar-refractivity contribution is 7.80. The summed E-state index contributed by atoms with van der Waals surface area (Å²) < 4.78 is 18.5. The Bertz CT molecular complexity index is 903. The maximum Gasteiger partial charge on any atom is 0.181 e. The fourth-order valence-corrected chi connectivity index (χ4v) is 3.76. The van der Waals surface area contributed by atoms with Crippen LogP contribution in [0.15, 0.2) is 65.5 Å². The summed E-state index contributed by atoms with van der Waals surface area (Å²) in [6, 6.07) is 14.8. The van der Waals surface area contributed by atoms with Crippen molar-refractivity contribution in [3.63, 3.8) is 0 Å². The van der Waals surface area contributed by atoms with E-state index in [0.29, 0.717) is 5.92 Å². The summed E-state index contributed by atoms with van der Waals surface area (Å²) in [6.45, 7) is 1.77. The van der Waals surface area contributed by atoms with Gasteiger partial charge in [0.25, 0.3) is 0 Å². The van der Waals surface area contributed by atoms with Crippen LogP contribution in [0, 0.1) is 5.82 Å². The first-order chi connectivity index (χ1) is 13.2. The van der Waals surface area contributed by atoms with Crippen LogP contribution in [0.2, 0.25) is 0 Å². The fourth-order valence-electron chi connectivity index (χ4n) is 3.46. The minimum Gasteiger partial charge on any atom is -0.444 e. The molecule has 0 aliphatic carbocycles. The highest BCUT2D eigenvalue weighted by Gasteiger charge is 2.22. The maximum atomic E-state index is 13.1. The van der Waals surface area contributed by atoms with Crippen LogP contribution < -0.4 is 5.32 Å². The molecule has 3 aromatic rings. The third-order valence-corrected chi connectivity index (χ3v) is 5.31. The number of halogens is 1. The van der Waals surface area contributed by atoms with Crippen molar-refractivity contribution >= 4 is 23.0 Å². The zero-order valence-corrected chi connectivity index (χ0v) is 15.6. The van der Waals surface area contributed by atoms with Gasteiger partial charge in [-0.05, 0) is 60.8 Å². The highest BCUT2D eigenvalue weighted by Crippen LogP contribution is 2.29. The van der Waals surface area contributed by atoms with E-state index >= 15 is 0 Å². The summed E-state index contributed by atoms with van der Waals surface area (Å²) >= 11 is 5.60. The van der Waals surface area contributed by atoms with Crippen molar-refractivity contribution in [2.75, 3.05) is 18.4 Å². The maximum absolute atomic E-state index is 13.1. The molecule has 4 nitrogen and oxygen atoms in total. The number of piperidine rings is 1. The van der Waals surface area contributed by atoms with Crippen molar-refractivity contribution < 1.29 is 8.81 Å². The average Bonchev–Trinajstić information content (AvgIpc) is 3.24. The van der Waals surface area contributed by atoms with Crippen LogP contribution in [0.5, 0.6) is 0 Å². The Morgan fingerprint density at radius 3 is 2.63 bits per heavy atom. The molecular formula is C21H20FN3OS. The number of likely N-dealkylation sites (tertiary alicyclic amines) is 1. The van der Waals surface area contributed by atoms with Gasteiger partial charge in [-0.15, -0.1) is 0 Å². The highest BCUT2D eigenvalue weighted by atomic mass is 32.1. The van der Waals surface area contributed by atoms with Gasteiger partial charge in [0.05, 0.1) is 6.20 Å². The minimum atomic E-state index is -0.186. The van der Waals surface area contributed by atoms with E-state index in [1.165, 1.54) is 24.1 Å². The van der Waals surface area contributed by atoms with Crippen molar-refractivity contribution in [3.05, 3.63) is 72.5 Å². The van der Waals surface area contributed by atoms with Crippen LogP contribution in [0.3, 0.4) is 0 Å². The van der Waals surface area contributed by atoms with Crippen molar-refractivity contribution in [2.24, 2.45) is 0 Å². The number of oxazole rings is 1. The van der Waals surface area contributed by atoms with Crippen LogP contribution in [0.4, 0.5) is 10.1 Å². The number of hydrogen-bond donors (Lipinski definition) is 1. The minimum absolute atomic E-state index is 0.186. The van der Waals surface area contributed by atoms with Gasteiger partial charge >= 0.3 is 0 Å². The van der Waals surface area contributed by atoms with E-state index in [1.807, 2.05) is 36.4 Å². The molecule has 1 fully saturated rings. The van der Waals surface area contributed by atoms with Gasteiger partial charge in [0.1, 0.15) is 5.82 Å². The van der Waals surface area contributed by atoms with E-state index < -0.39 is 0 Å². The zero-order valence-electron chi connectivity index (χ0n) is 14.8. The first-order valence-electron chi connectivity index (χ1n) is 8.99. The quantitative estimate of drug-likeness (QED) is 0.643. The van der Waals surface area contributed by atoms with Gasteiger partial charge < -0.3 is 14.6 Å². The molecule has 1 aliphatic heterocycles. The lowest BCUT2D eigenvalue weighted by atomic mass is 9.89. The van der Waals surface area contributed by atoms with Crippen molar-refractivity contribution in [2.45, 2.75) is 18.8 Å². The number of hydrogen-bond acceptors (Lipinski definition) is 3. The molecule has 4 rings (SSSR count). The summed E-state index contributed by atoms with van der Waals surface area (Å²) in [7, 11) is 0. The number of thiocarbonyl (C=S) groups is 1. The molecule has 1 aromatic heterocycles. The summed E-state index contributed by atoms with van der Waals surface area (Å²) in [5.74, 6) is 0.998. The van der Waals surface area contributed by atoms with Crippen molar-refractivity contribution in [1.82, 2.24) is 9.88 Å². The SMILES string of the molecule is Fc1ccc(C2CCN(C(=S)Nc3cccc(-c4cnco4)c3)CC2)cc1. The summed E-state index contributed by atoms with van der Waals surface area (Å²) in [5.41, 5.74) is 3.08. The number of nitrogens with zero attached hydrogens (tertiary/aromatic N) is 2. The topological polar surface area (TPSA) is 41.3 Å². The van der Waals surface area contributed by atoms with Crippen LogP contribution in [0.1, 0.15) is 24.3 Å². The van der Waals surface area contributed by atoms with Crippen LogP contribution >= 0.6 is 12.2 Å². The monoisotopic (exact) mass is 381 g/mol. The number of benzene rings is 2. The third kappa shape index (κ3) is 4.17. The fraction of sp³-hybridized carbons (Fsp3) is 0.238. The molecule has 0 radical (unpaired) electrons. The van der Waals surface area contributed by atoms with Gasteiger partial charge in [-0.1, -0.05) is 24.3 Å². The molecule has 0 bridgehead atoms. The van der Waals surface area contributed by atoms with Gasteiger partial charge in [-0.3, -0.25) is 0 Å². The van der Waals surface area contributed by atoms with Gasteiger partial charge in [-0.2, -0.15) is 0 Å². The Morgan fingerprint density at radius 1 is 1.15 bits per heavy atom. The summed E-state index contributed by atoms with van der Waals surface area (Å²) in [6.07, 6.45) is 5.13. The third-order valence-electron chi connectivity index (χ3n) is 4.95. The molecule has 6 heteroatoms. The van der Waals surface area contributed by atoms with Crippen LogP contribution in [-0.2, 0) is 0 Å². The molecule has 0 spiro atoms. The molecule has 1 N–H and O–H groups in total. The number of rotatable bonds is 3. The molecule has 0 unspecified atom stereocenters. The van der Waals surface area contributed by atoms with Crippen LogP contribution in [0.25, 0.3) is 11.3 Å². The van der Waals surface area contributed by atoms with Gasteiger partial charge in [0.15, 0.2) is 17.3 Å². The molecule has 138 valence electrons. The Kier molecular flexibility index (Phi) is 5.16. The molecule has 0 saturated carbocycles. The molecule has 2 heterocycles. The zero-order chi connectivity index (χ0) is 18.6. The number of aromatic nitrogens is 1. The Balaban J connectivity index is 1.36. The lowest BCUT2D eigenvalue weighted by Crippen LogP contribution is -2.40. The summed E-state index contributed by atoms with van der Waals surface area (Å²) in [5, 5.41) is 4.05. The number of anilines is 1. The molecule has 27 heavy (non-hydrogen) atoms. The normalized spacial score (nSPS) is 14.9. The lowest BCUT2D eigenvalue weighted by Gasteiger charge is -2.34. The van der Waals surface area contributed by atoms with Crippen molar-refractivity contribution in [1.29, 1.82) is 0 Å². The first kappa shape index (κ1) is 17.7. The second kappa shape index (κ2) is 7.88. The molecular weight excluding hydrogens is 361 g/mol. The first-order valence-corrected chi connectivity index (χ1v) is 9.40. The Labute approximate surface area is 163 Å². The van der Waals surface area contributed by atoms with E-state index in [0.717, 1.165) is 48.1 Å². The average molecular weight is 381 g/mol. The van der Waals surface area contributed by atoms with E-state index in [1.54, 1.807) is 6.20 Å². The molecule has 0 amide bonds. The lowest BCUT2D eigenvalue weighted by molar-refractivity contribution is 0.316. The Morgan fingerprint density at radius 2 is 1.93 bits per heavy atom. The predicted molar refractivity (Wildman–Crippen MR) is 108 cm³/mol. The second-order valence-corrected chi connectivity index (χ2v) is 7.08. The Hall–Kier alpha value is -2.73. The van der Waals surface area contributed by atoms with E-state index in [2.05, 4.69) is 15.2 Å². The van der Waals surface area contributed by atoms with Gasteiger partial charge in [0.2, 0.25) is 0 Å². The molecule has 1 saturated heterocycles. The van der Waals surface area contributed by atoms with Gasteiger partial charge in [0, 0.05) is 24.3 Å². The molecule has 2 aromatic carbocycles. The van der Waals surface area contributed by atoms with Gasteiger partial charge in [-0.25, -0.2) is 9.37 Å². The van der Waals surface area contributed by atoms with Crippen LogP contribution in [-0.4, -0.2) is 28.1 Å². The second-order valence-electron chi connectivity index (χ2n) is 6.69. The van der Waals surface area contributed by atoms with E-state index in [-0.39, 0.29) is 5.82 Å². The predicted octanol–water partition coefficient (Wildman–Crippen LogP) is 5.06. The number of nitrogens with one attached hydrogen (secondary N) is 1. The largest absolute Gasteiger partial charge is 0.444 e. The molecule has 0 atom stereocenters.